The van der Waals surface area contributed by atoms with Gasteiger partial charge in [0.2, 0.25) is 0 Å². The Morgan fingerprint density at radius 1 is 0.961 bits per heavy atom. The number of hydrogen-bond donors (Lipinski definition) is 4. The number of hydrogen-bond acceptors (Lipinski definition) is 12. The zero-order valence-corrected chi connectivity index (χ0v) is 27.8. The molecule has 1 amide bonds. The smallest absolute Gasteiger partial charge is 0.420 e. The van der Waals surface area contributed by atoms with Gasteiger partial charge in [-0.1, -0.05) is 17.7 Å². The first-order valence-electron chi connectivity index (χ1n) is 15.5. The Balaban J connectivity index is 0.923. The number of fused-ring (bicyclic) bond motifs is 2. The molecule has 264 valence electrons. The number of aromatic nitrogens is 3. The van der Waals surface area contributed by atoms with E-state index >= 15 is 0 Å². The van der Waals surface area contributed by atoms with Crippen LogP contribution in [0.25, 0.3) is 22.0 Å². The van der Waals surface area contributed by atoms with Crippen LogP contribution in [-0.4, -0.2) is 70.7 Å². The van der Waals surface area contributed by atoms with E-state index in [-0.39, 0.29) is 67.4 Å². The lowest BCUT2D eigenvalue weighted by Gasteiger charge is -2.14. The molecule has 2 aromatic heterocycles. The van der Waals surface area contributed by atoms with Gasteiger partial charge in [0.05, 0.1) is 42.9 Å². The highest BCUT2D eigenvalue weighted by Crippen LogP contribution is 2.35. The van der Waals surface area contributed by atoms with Crippen molar-refractivity contribution >= 4 is 51.0 Å². The standard InChI is InChI=1S/C35H31ClFN5O9/c1-47-31-15-23-26(39-19-40-34(23)41-21-3-5-25(37)24(36)13-21)16-32(31)49-11-10-48-9-8-38-33(45)18-50-29-7-2-20(12-28(29)44)17-42-27-6-4-22(43)14-30(27)51-35(42)46/h2-7,12-16,19,43-44H,8-11,17-18H2,1H3,(H,38,45)(H,39,40,41). The maximum Gasteiger partial charge on any atom is 0.420 e. The van der Waals surface area contributed by atoms with Crippen LogP contribution in [0.1, 0.15) is 5.56 Å². The number of aromatic hydroxyl groups is 2. The zero-order valence-electron chi connectivity index (χ0n) is 27.0. The van der Waals surface area contributed by atoms with Crippen molar-refractivity contribution in [2.45, 2.75) is 6.54 Å². The number of anilines is 2. The molecule has 0 radical (unpaired) electrons. The number of oxazole rings is 1. The second kappa shape index (κ2) is 15.7. The molecule has 0 atom stereocenters. The van der Waals surface area contributed by atoms with Crippen molar-refractivity contribution in [1.82, 2.24) is 19.9 Å². The summed E-state index contributed by atoms with van der Waals surface area (Å²) in [4.78, 5) is 33.2. The highest BCUT2D eigenvalue weighted by Gasteiger charge is 2.15. The Morgan fingerprint density at radius 2 is 1.82 bits per heavy atom. The second-order valence-electron chi connectivity index (χ2n) is 11.0. The molecule has 0 unspecified atom stereocenters. The van der Waals surface area contributed by atoms with E-state index in [0.29, 0.717) is 45.0 Å². The van der Waals surface area contributed by atoms with Crippen LogP contribution in [0, 0.1) is 5.82 Å². The molecule has 0 fully saturated rings. The predicted molar refractivity (Wildman–Crippen MR) is 185 cm³/mol. The first-order chi connectivity index (χ1) is 24.7. The van der Waals surface area contributed by atoms with Crippen molar-refractivity contribution in [2.75, 3.05) is 45.4 Å². The summed E-state index contributed by atoms with van der Waals surface area (Å²) in [5.74, 6) is -0.340. The van der Waals surface area contributed by atoms with Gasteiger partial charge in [-0.2, -0.15) is 0 Å². The summed E-state index contributed by atoms with van der Waals surface area (Å²) in [7, 11) is 1.51. The van der Waals surface area contributed by atoms with E-state index in [1.807, 2.05) is 0 Å². The van der Waals surface area contributed by atoms with E-state index in [2.05, 4.69) is 20.6 Å². The summed E-state index contributed by atoms with van der Waals surface area (Å²) >= 11 is 5.91. The molecular formula is C35H31ClFN5O9. The Kier molecular flexibility index (Phi) is 10.7. The molecule has 0 aliphatic heterocycles. The number of nitrogens with one attached hydrogen (secondary N) is 2. The average Bonchev–Trinajstić information content (AvgIpc) is 3.41. The predicted octanol–water partition coefficient (Wildman–Crippen LogP) is 5.13. The highest BCUT2D eigenvalue weighted by atomic mass is 35.5. The van der Waals surface area contributed by atoms with Gasteiger partial charge < -0.3 is 44.2 Å². The van der Waals surface area contributed by atoms with Gasteiger partial charge in [0.25, 0.3) is 5.91 Å². The molecule has 6 aromatic rings. The lowest BCUT2D eigenvalue weighted by molar-refractivity contribution is -0.123. The molecule has 0 aliphatic rings. The van der Waals surface area contributed by atoms with Gasteiger partial charge >= 0.3 is 5.76 Å². The molecule has 0 saturated heterocycles. The summed E-state index contributed by atoms with van der Waals surface area (Å²) in [5.41, 5.74) is 2.45. The maximum atomic E-state index is 13.6. The fraction of sp³-hybridized carbons (Fsp3) is 0.200. The van der Waals surface area contributed by atoms with Gasteiger partial charge in [-0.15, -0.1) is 0 Å². The molecule has 0 aliphatic carbocycles. The van der Waals surface area contributed by atoms with E-state index in [0.717, 1.165) is 0 Å². The van der Waals surface area contributed by atoms with Gasteiger partial charge in [-0.05, 0) is 54.1 Å². The number of carbonyl (C=O) groups is 1. The minimum atomic E-state index is -0.607. The summed E-state index contributed by atoms with van der Waals surface area (Å²) in [6.07, 6.45) is 1.39. The number of ether oxygens (including phenoxy) is 4. The summed E-state index contributed by atoms with van der Waals surface area (Å²) < 4.78 is 42.5. The van der Waals surface area contributed by atoms with Crippen molar-refractivity contribution in [2.24, 2.45) is 0 Å². The number of nitrogens with zero attached hydrogens (tertiary/aromatic N) is 3. The van der Waals surface area contributed by atoms with Gasteiger partial charge in [0.1, 0.15) is 30.3 Å². The van der Waals surface area contributed by atoms with Crippen LogP contribution in [0.15, 0.2) is 82.3 Å². The maximum absolute atomic E-state index is 13.6. The van der Waals surface area contributed by atoms with Crippen LogP contribution in [0.3, 0.4) is 0 Å². The number of methoxy groups -OCH3 is 1. The normalized spacial score (nSPS) is 11.1. The van der Waals surface area contributed by atoms with Crippen molar-refractivity contribution in [1.29, 1.82) is 0 Å². The third-order valence-electron chi connectivity index (χ3n) is 7.53. The number of benzene rings is 4. The second-order valence-corrected chi connectivity index (χ2v) is 11.4. The van der Waals surface area contributed by atoms with Crippen molar-refractivity contribution in [3.63, 3.8) is 0 Å². The number of amides is 1. The third-order valence-corrected chi connectivity index (χ3v) is 7.82. The van der Waals surface area contributed by atoms with Crippen LogP contribution in [0.5, 0.6) is 28.7 Å². The minimum absolute atomic E-state index is 0.0207. The van der Waals surface area contributed by atoms with Gasteiger partial charge in [0.15, 0.2) is 35.2 Å². The van der Waals surface area contributed by atoms with Crippen LogP contribution in [-0.2, 0) is 16.1 Å². The zero-order chi connectivity index (χ0) is 35.9. The first kappa shape index (κ1) is 34.8. The van der Waals surface area contributed by atoms with Crippen molar-refractivity contribution in [3.8, 4) is 28.7 Å². The van der Waals surface area contributed by atoms with Gasteiger partial charge in [-0.25, -0.2) is 19.2 Å². The quantitative estimate of drug-likeness (QED) is 0.103. The van der Waals surface area contributed by atoms with Crippen molar-refractivity contribution < 1.29 is 42.8 Å². The summed E-state index contributed by atoms with van der Waals surface area (Å²) in [6.45, 7) is 0.596. The largest absolute Gasteiger partial charge is 0.508 e. The van der Waals surface area contributed by atoms with E-state index in [4.69, 9.17) is 35.0 Å². The van der Waals surface area contributed by atoms with E-state index in [9.17, 15) is 24.2 Å². The van der Waals surface area contributed by atoms with Crippen molar-refractivity contribution in [3.05, 3.63) is 100 Å². The molecule has 51 heavy (non-hydrogen) atoms. The Labute approximate surface area is 293 Å². The molecule has 4 aromatic carbocycles. The highest BCUT2D eigenvalue weighted by molar-refractivity contribution is 6.31. The molecule has 0 saturated carbocycles. The monoisotopic (exact) mass is 719 g/mol. The van der Waals surface area contributed by atoms with E-state index < -0.39 is 17.5 Å². The molecule has 0 bridgehead atoms. The molecule has 16 heteroatoms. The molecule has 4 N–H and O–H groups in total. The SMILES string of the molecule is COc1cc2c(Nc3ccc(F)c(Cl)c3)ncnc2cc1OCCOCCNC(=O)COc1ccc(Cn2c(=O)oc3cc(O)ccc32)cc1O. The topological polar surface area (TPSA) is 179 Å². The molecule has 0 spiro atoms. The van der Waals surface area contributed by atoms with E-state index in [1.54, 1.807) is 30.3 Å². The van der Waals surface area contributed by atoms with Crippen LogP contribution < -0.4 is 30.6 Å². The third kappa shape index (κ3) is 8.40. The lowest BCUT2D eigenvalue weighted by Crippen LogP contribution is -2.32. The summed E-state index contributed by atoms with van der Waals surface area (Å²) in [6, 6.07) is 16.6. The summed E-state index contributed by atoms with van der Waals surface area (Å²) in [5, 5.41) is 26.5. The van der Waals surface area contributed by atoms with Gasteiger partial charge in [-0.3, -0.25) is 9.36 Å². The van der Waals surface area contributed by atoms with Gasteiger partial charge in [0, 0.05) is 29.8 Å². The molecule has 6 rings (SSSR count). The fourth-order valence-electron chi connectivity index (χ4n) is 5.09. The molecule has 2 heterocycles. The number of halogens is 2. The van der Waals surface area contributed by atoms with Crippen LogP contribution in [0.2, 0.25) is 5.02 Å². The van der Waals surface area contributed by atoms with Crippen LogP contribution >= 0.6 is 11.6 Å². The van der Waals surface area contributed by atoms with E-state index in [1.165, 1.54) is 54.4 Å². The minimum Gasteiger partial charge on any atom is -0.508 e. The lowest BCUT2D eigenvalue weighted by atomic mass is 10.2. The first-order valence-corrected chi connectivity index (χ1v) is 15.9. The Hall–Kier alpha value is -6.06. The number of rotatable bonds is 15. The number of carbonyl (C=O) groups excluding carboxylic acids is 1. The Morgan fingerprint density at radius 3 is 2.63 bits per heavy atom. The van der Waals surface area contributed by atoms with Crippen LogP contribution in [0.4, 0.5) is 15.9 Å². The Bertz CT molecular complexity index is 2260. The average molecular weight is 720 g/mol. The fourth-order valence-corrected chi connectivity index (χ4v) is 5.27. The number of phenols is 2. The molecule has 14 nitrogen and oxygen atoms in total. The number of phenolic OH excluding ortho intramolecular Hbond substituents is 2. The molecular weight excluding hydrogens is 689 g/mol.